The van der Waals surface area contributed by atoms with Crippen LogP contribution in [0.15, 0.2) is 16.6 Å². The molecule has 0 aromatic heterocycles. The molecular formula is C13H14BrNO4. The van der Waals surface area contributed by atoms with Gasteiger partial charge in [-0.15, -0.1) is 0 Å². The lowest BCUT2D eigenvalue weighted by molar-refractivity contribution is -0.154. The van der Waals surface area contributed by atoms with E-state index in [9.17, 15) is 9.59 Å². The summed E-state index contributed by atoms with van der Waals surface area (Å²) >= 11 is 3.42. The molecule has 0 spiro atoms. The molecule has 0 atom stereocenters. The molecule has 2 rings (SSSR count). The van der Waals surface area contributed by atoms with Gasteiger partial charge in [-0.05, 0) is 24.6 Å². The largest absolute Gasteiger partial charge is 0.493 e. The highest BCUT2D eigenvalue weighted by Crippen LogP contribution is 2.32. The van der Waals surface area contributed by atoms with Crippen molar-refractivity contribution in [2.24, 2.45) is 0 Å². The van der Waals surface area contributed by atoms with Crippen molar-refractivity contribution in [1.82, 2.24) is 5.32 Å². The summed E-state index contributed by atoms with van der Waals surface area (Å²) in [6, 6.07) is 3.87. The predicted molar refractivity (Wildman–Crippen MR) is 71.8 cm³/mol. The molecule has 1 aromatic rings. The van der Waals surface area contributed by atoms with Gasteiger partial charge < -0.3 is 14.8 Å². The number of carbonyl (C=O) groups excluding carboxylic acids is 2. The Morgan fingerprint density at radius 1 is 1.47 bits per heavy atom. The quantitative estimate of drug-likeness (QED) is 0.676. The second kappa shape index (κ2) is 6.06. The number of esters is 1. The lowest BCUT2D eigenvalue weighted by Crippen LogP contribution is -2.32. The van der Waals surface area contributed by atoms with Crippen molar-refractivity contribution in [1.29, 1.82) is 0 Å². The molecule has 1 amide bonds. The number of carbonyl (C=O) groups is 2. The van der Waals surface area contributed by atoms with E-state index in [1.54, 1.807) is 6.92 Å². The minimum Gasteiger partial charge on any atom is -0.493 e. The van der Waals surface area contributed by atoms with Crippen LogP contribution in [-0.4, -0.2) is 25.1 Å². The fraction of sp³-hybridized carbons (Fsp3) is 0.385. The van der Waals surface area contributed by atoms with E-state index in [1.165, 1.54) is 0 Å². The van der Waals surface area contributed by atoms with Gasteiger partial charge in [-0.2, -0.15) is 0 Å². The maximum atomic E-state index is 11.5. The normalized spacial score (nSPS) is 12.5. The molecule has 1 aromatic carbocycles. The highest BCUT2D eigenvalue weighted by atomic mass is 79.9. The van der Waals surface area contributed by atoms with Crippen LogP contribution in [0.2, 0.25) is 0 Å². The minimum absolute atomic E-state index is 0.182. The van der Waals surface area contributed by atoms with Gasteiger partial charge >= 0.3 is 11.9 Å². The van der Waals surface area contributed by atoms with Crippen LogP contribution in [0, 0.1) is 0 Å². The Labute approximate surface area is 119 Å². The molecule has 0 fully saturated rings. The first kappa shape index (κ1) is 13.9. The summed E-state index contributed by atoms with van der Waals surface area (Å²) < 4.78 is 11.1. The third-order valence-electron chi connectivity index (χ3n) is 2.73. The standard InChI is InChI=1S/C13H14BrNO4/c1-2-18-13(17)12(16)15-7-9-6-10(14)5-8-3-4-19-11(8)9/h5-6H,2-4,7H2,1H3,(H,15,16). The van der Waals surface area contributed by atoms with E-state index in [0.29, 0.717) is 6.61 Å². The van der Waals surface area contributed by atoms with Crippen molar-refractivity contribution in [3.05, 3.63) is 27.7 Å². The number of amides is 1. The number of hydrogen-bond donors (Lipinski definition) is 1. The number of nitrogens with one attached hydrogen (secondary N) is 1. The minimum atomic E-state index is -0.866. The van der Waals surface area contributed by atoms with E-state index in [0.717, 1.165) is 27.8 Å². The summed E-state index contributed by atoms with van der Waals surface area (Å²) in [7, 11) is 0. The molecule has 0 saturated heterocycles. The van der Waals surface area contributed by atoms with E-state index < -0.39 is 11.9 Å². The fourth-order valence-corrected chi connectivity index (χ4v) is 2.47. The van der Waals surface area contributed by atoms with Crippen LogP contribution in [-0.2, 0) is 27.3 Å². The van der Waals surface area contributed by atoms with Gasteiger partial charge in [0.2, 0.25) is 0 Å². The number of halogens is 1. The molecule has 5 nitrogen and oxygen atoms in total. The summed E-state index contributed by atoms with van der Waals surface area (Å²) in [5, 5.41) is 2.53. The number of benzene rings is 1. The van der Waals surface area contributed by atoms with Crippen molar-refractivity contribution in [3.63, 3.8) is 0 Å². The first-order valence-corrected chi connectivity index (χ1v) is 6.80. The second-order valence-electron chi connectivity index (χ2n) is 4.05. The van der Waals surface area contributed by atoms with Gasteiger partial charge in [0.25, 0.3) is 0 Å². The summed E-state index contributed by atoms with van der Waals surface area (Å²) in [6.45, 7) is 2.71. The summed E-state index contributed by atoms with van der Waals surface area (Å²) in [5.74, 6) is -0.809. The Bertz CT molecular complexity index is 516. The van der Waals surface area contributed by atoms with Crippen molar-refractivity contribution < 1.29 is 19.1 Å². The summed E-state index contributed by atoms with van der Waals surface area (Å²) in [6.07, 6.45) is 0.855. The fourth-order valence-electron chi connectivity index (χ4n) is 1.92. The summed E-state index contributed by atoms with van der Waals surface area (Å²) in [5.41, 5.74) is 1.95. The summed E-state index contributed by atoms with van der Waals surface area (Å²) in [4.78, 5) is 22.6. The molecule has 0 bridgehead atoms. The molecule has 102 valence electrons. The van der Waals surface area contributed by atoms with E-state index in [-0.39, 0.29) is 13.2 Å². The molecular weight excluding hydrogens is 314 g/mol. The molecule has 0 aliphatic carbocycles. The Balaban J connectivity index is 2.04. The molecule has 1 N–H and O–H groups in total. The van der Waals surface area contributed by atoms with Crippen molar-refractivity contribution in [3.8, 4) is 5.75 Å². The van der Waals surface area contributed by atoms with Crippen molar-refractivity contribution >= 4 is 27.8 Å². The average Bonchev–Trinajstić information content (AvgIpc) is 2.83. The van der Waals surface area contributed by atoms with Gasteiger partial charge in [0.1, 0.15) is 5.75 Å². The van der Waals surface area contributed by atoms with Gasteiger partial charge in [0.05, 0.1) is 13.2 Å². The number of rotatable bonds is 3. The molecule has 1 aliphatic heterocycles. The molecule has 19 heavy (non-hydrogen) atoms. The van der Waals surface area contributed by atoms with Gasteiger partial charge in [-0.3, -0.25) is 4.79 Å². The highest BCUT2D eigenvalue weighted by Gasteiger charge is 2.19. The van der Waals surface area contributed by atoms with Crippen LogP contribution < -0.4 is 10.1 Å². The van der Waals surface area contributed by atoms with Gasteiger partial charge in [-0.1, -0.05) is 15.9 Å². The molecule has 6 heteroatoms. The van der Waals surface area contributed by atoms with E-state index in [4.69, 9.17) is 4.74 Å². The highest BCUT2D eigenvalue weighted by molar-refractivity contribution is 9.10. The topological polar surface area (TPSA) is 64.6 Å². The molecule has 1 heterocycles. The SMILES string of the molecule is CCOC(=O)C(=O)NCc1cc(Br)cc2c1OCC2. The van der Waals surface area contributed by atoms with Crippen LogP contribution in [0.5, 0.6) is 5.75 Å². The van der Waals surface area contributed by atoms with Crippen molar-refractivity contribution in [2.45, 2.75) is 19.9 Å². The zero-order valence-corrected chi connectivity index (χ0v) is 12.1. The van der Waals surface area contributed by atoms with Crippen molar-refractivity contribution in [2.75, 3.05) is 13.2 Å². The number of hydrogen-bond acceptors (Lipinski definition) is 4. The van der Waals surface area contributed by atoms with Crippen LogP contribution in [0.3, 0.4) is 0 Å². The predicted octanol–water partition coefficient (Wildman–Crippen LogP) is 1.56. The Hall–Kier alpha value is -1.56. The first-order chi connectivity index (χ1) is 9.11. The maximum absolute atomic E-state index is 11.5. The Morgan fingerprint density at radius 3 is 3.00 bits per heavy atom. The zero-order chi connectivity index (χ0) is 13.8. The molecule has 0 radical (unpaired) electrons. The monoisotopic (exact) mass is 327 g/mol. The van der Waals surface area contributed by atoms with E-state index in [1.807, 2.05) is 12.1 Å². The maximum Gasteiger partial charge on any atom is 0.396 e. The zero-order valence-electron chi connectivity index (χ0n) is 10.5. The van der Waals surface area contributed by atoms with Crippen LogP contribution in [0.4, 0.5) is 0 Å². The van der Waals surface area contributed by atoms with Gasteiger partial charge in [0.15, 0.2) is 0 Å². The lowest BCUT2D eigenvalue weighted by atomic mass is 10.1. The molecule has 0 saturated carbocycles. The Morgan fingerprint density at radius 2 is 2.26 bits per heavy atom. The van der Waals surface area contributed by atoms with E-state index in [2.05, 4.69) is 26.0 Å². The smallest absolute Gasteiger partial charge is 0.396 e. The average molecular weight is 328 g/mol. The third-order valence-corrected chi connectivity index (χ3v) is 3.18. The first-order valence-electron chi connectivity index (χ1n) is 6.01. The van der Waals surface area contributed by atoms with Crippen LogP contribution >= 0.6 is 15.9 Å². The third kappa shape index (κ3) is 3.26. The van der Waals surface area contributed by atoms with Crippen LogP contribution in [0.1, 0.15) is 18.1 Å². The Kier molecular flexibility index (Phi) is 4.42. The number of fused-ring (bicyclic) bond motifs is 1. The van der Waals surface area contributed by atoms with Gasteiger partial charge in [-0.25, -0.2) is 4.79 Å². The van der Waals surface area contributed by atoms with Gasteiger partial charge in [0, 0.05) is 23.0 Å². The number of ether oxygens (including phenoxy) is 2. The molecule has 0 unspecified atom stereocenters. The van der Waals surface area contributed by atoms with Crippen LogP contribution in [0.25, 0.3) is 0 Å². The van der Waals surface area contributed by atoms with E-state index >= 15 is 0 Å². The lowest BCUT2D eigenvalue weighted by Gasteiger charge is -2.10. The molecule has 1 aliphatic rings. The second-order valence-corrected chi connectivity index (χ2v) is 4.97.